The molecular weight excluding hydrogens is 511 g/mol. The Labute approximate surface area is 196 Å². The maximum atomic E-state index is 12.9. The molecule has 8 heteroatoms. The van der Waals surface area contributed by atoms with Gasteiger partial charge in [-0.2, -0.15) is 0 Å². The third-order valence-electron chi connectivity index (χ3n) is 6.26. The van der Waals surface area contributed by atoms with E-state index in [4.69, 9.17) is 0 Å². The number of nitrogens with zero attached hydrogens (tertiary/aromatic N) is 3. The number of hydrogen-bond acceptors (Lipinski definition) is 4. The fraction of sp³-hybridized carbons (Fsp3) is 0.583. The van der Waals surface area contributed by atoms with Gasteiger partial charge in [0.05, 0.1) is 0 Å². The molecular formula is C24H38N4O3Sn. The standard InChI is InChI=1S/C12H11N4O3.3C4H9.Sn/c17-11(10-4-2-1-3-5-10)13-6-8-15-9-7-14-12(15)16(18)19;3*1-3-4-2;/h1-2,4-5,7,9H,6,8H2,(H,13,17);3*1,3-4H2,2H3;. The first-order valence-corrected chi connectivity index (χ1v) is 19.5. The van der Waals surface area contributed by atoms with Gasteiger partial charge in [0.1, 0.15) is 0 Å². The SMILES string of the molecule is CCC[CH2][Sn]([CH2]CCC)([CH2]CCC)[c]1cccc(C(=O)NCCn2ccnc2[N+](=O)[O-])c1. The Kier molecular flexibility index (Phi) is 11.2. The van der Waals surface area contributed by atoms with Gasteiger partial charge in [-0.1, -0.05) is 0 Å². The number of carbonyl (C=O) groups excluding carboxylic acids is 1. The molecule has 7 nitrogen and oxygen atoms in total. The molecule has 1 aromatic carbocycles. The molecule has 0 bridgehead atoms. The molecule has 1 N–H and O–H groups in total. The first-order chi connectivity index (χ1) is 15.5. The third-order valence-corrected chi connectivity index (χ3v) is 21.9. The predicted octanol–water partition coefficient (Wildman–Crippen LogP) is 5.28. The van der Waals surface area contributed by atoms with Crippen molar-refractivity contribution < 1.29 is 9.72 Å². The van der Waals surface area contributed by atoms with Crippen molar-refractivity contribution in [3.8, 4) is 0 Å². The molecule has 0 spiro atoms. The normalized spacial score (nSPS) is 11.5. The number of amides is 1. The van der Waals surface area contributed by atoms with Crippen molar-refractivity contribution in [1.82, 2.24) is 14.9 Å². The van der Waals surface area contributed by atoms with Crippen LogP contribution in [0.2, 0.25) is 13.3 Å². The van der Waals surface area contributed by atoms with E-state index in [1.165, 1.54) is 66.2 Å². The van der Waals surface area contributed by atoms with E-state index < -0.39 is 23.3 Å². The van der Waals surface area contributed by atoms with Gasteiger partial charge >= 0.3 is 196 Å². The van der Waals surface area contributed by atoms with E-state index in [1.54, 1.807) is 6.20 Å². The summed E-state index contributed by atoms with van der Waals surface area (Å²) in [5, 5.41) is 13.9. The number of unbranched alkanes of at least 4 members (excludes halogenated alkanes) is 3. The third kappa shape index (κ3) is 7.32. The van der Waals surface area contributed by atoms with Crippen LogP contribution in [0.5, 0.6) is 0 Å². The summed E-state index contributed by atoms with van der Waals surface area (Å²) in [7, 11) is 0. The Morgan fingerprint density at radius 2 is 1.72 bits per heavy atom. The molecule has 0 atom stereocenters. The fourth-order valence-corrected chi connectivity index (χ4v) is 20.4. The molecule has 0 radical (unpaired) electrons. The Balaban J connectivity index is 2.15. The second-order valence-corrected chi connectivity index (χ2v) is 21.8. The van der Waals surface area contributed by atoms with Crippen molar-refractivity contribution in [2.45, 2.75) is 79.2 Å². The monoisotopic (exact) mass is 550 g/mol. The summed E-state index contributed by atoms with van der Waals surface area (Å²) in [6.45, 7) is 7.44. The second kappa shape index (κ2) is 13.6. The molecule has 0 aliphatic rings. The van der Waals surface area contributed by atoms with Gasteiger partial charge in [-0.05, 0) is 0 Å². The molecule has 1 amide bonds. The summed E-state index contributed by atoms with van der Waals surface area (Å²) in [5.41, 5.74) is 0.702. The minimum atomic E-state index is -2.59. The van der Waals surface area contributed by atoms with Crippen LogP contribution in [0.1, 0.15) is 69.7 Å². The van der Waals surface area contributed by atoms with E-state index in [0.29, 0.717) is 18.7 Å². The maximum absolute atomic E-state index is 12.9. The number of benzene rings is 1. The fourth-order valence-electron chi connectivity index (χ4n) is 4.38. The van der Waals surface area contributed by atoms with Gasteiger partial charge < -0.3 is 0 Å². The van der Waals surface area contributed by atoms with Crippen molar-refractivity contribution in [2.24, 2.45) is 0 Å². The molecule has 2 aromatic rings. The van der Waals surface area contributed by atoms with Crippen LogP contribution in [0.4, 0.5) is 5.95 Å². The summed E-state index contributed by atoms with van der Waals surface area (Å²) in [4.78, 5) is 27.1. The molecule has 0 aliphatic carbocycles. The molecule has 0 unspecified atom stereocenters. The van der Waals surface area contributed by atoms with Crippen LogP contribution in [0.25, 0.3) is 0 Å². The molecule has 0 aliphatic heterocycles. The summed E-state index contributed by atoms with van der Waals surface area (Å²) in [5.74, 6) is -0.320. The van der Waals surface area contributed by atoms with Crippen LogP contribution >= 0.6 is 0 Å². The molecule has 32 heavy (non-hydrogen) atoms. The predicted molar refractivity (Wildman–Crippen MR) is 132 cm³/mol. The van der Waals surface area contributed by atoms with Gasteiger partial charge in [-0.25, -0.2) is 0 Å². The van der Waals surface area contributed by atoms with Gasteiger partial charge in [0, 0.05) is 0 Å². The van der Waals surface area contributed by atoms with Crippen molar-refractivity contribution in [3.63, 3.8) is 0 Å². The van der Waals surface area contributed by atoms with Crippen molar-refractivity contribution in [1.29, 1.82) is 0 Å². The van der Waals surface area contributed by atoms with Crippen molar-refractivity contribution >= 4 is 33.8 Å². The zero-order chi connectivity index (χ0) is 23.4. The average molecular weight is 549 g/mol. The van der Waals surface area contributed by atoms with Gasteiger partial charge in [-0.3, -0.25) is 0 Å². The van der Waals surface area contributed by atoms with E-state index in [1.807, 2.05) is 12.1 Å². The Hall–Kier alpha value is -1.90. The zero-order valence-electron chi connectivity index (χ0n) is 19.8. The molecule has 0 fully saturated rings. The van der Waals surface area contributed by atoms with Crippen LogP contribution in [0, 0.1) is 10.1 Å². The van der Waals surface area contributed by atoms with E-state index in [0.717, 1.165) is 0 Å². The minimum absolute atomic E-state index is 0.115. The number of nitro groups is 1. The Morgan fingerprint density at radius 1 is 1.09 bits per heavy atom. The number of aromatic nitrogens is 2. The topological polar surface area (TPSA) is 90.1 Å². The van der Waals surface area contributed by atoms with Crippen LogP contribution in [-0.2, 0) is 6.54 Å². The zero-order valence-corrected chi connectivity index (χ0v) is 22.7. The van der Waals surface area contributed by atoms with Crippen LogP contribution in [-0.4, -0.2) is 45.3 Å². The summed E-state index contributed by atoms with van der Waals surface area (Å²) >= 11 is -2.59. The number of rotatable bonds is 15. The van der Waals surface area contributed by atoms with Crippen LogP contribution < -0.4 is 8.90 Å². The van der Waals surface area contributed by atoms with E-state index in [-0.39, 0.29) is 11.9 Å². The molecule has 2 rings (SSSR count). The van der Waals surface area contributed by atoms with Crippen molar-refractivity contribution in [2.75, 3.05) is 6.54 Å². The molecule has 0 saturated carbocycles. The molecule has 1 heterocycles. The van der Waals surface area contributed by atoms with E-state index in [9.17, 15) is 14.9 Å². The molecule has 1 aromatic heterocycles. The molecule has 0 saturated heterocycles. The Bertz CT molecular complexity index is 847. The van der Waals surface area contributed by atoms with Crippen molar-refractivity contribution in [3.05, 3.63) is 52.3 Å². The number of nitrogens with one attached hydrogen (secondary N) is 1. The first-order valence-electron chi connectivity index (χ1n) is 12.0. The number of imidazole rings is 1. The Morgan fingerprint density at radius 3 is 2.28 bits per heavy atom. The first kappa shape index (κ1) is 26.4. The molecule has 176 valence electrons. The van der Waals surface area contributed by atoms with E-state index >= 15 is 0 Å². The van der Waals surface area contributed by atoms with Crippen LogP contribution in [0.3, 0.4) is 0 Å². The summed E-state index contributed by atoms with van der Waals surface area (Å²) in [6, 6.07) is 8.36. The van der Waals surface area contributed by atoms with Gasteiger partial charge in [-0.15, -0.1) is 0 Å². The van der Waals surface area contributed by atoms with Gasteiger partial charge in [0.25, 0.3) is 0 Å². The van der Waals surface area contributed by atoms with E-state index in [2.05, 4.69) is 43.2 Å². The van der Waals surface area contributed by atoms with Gasteiger partial charge in [0.15, 0.2) is 0 Å². The summed E-state index contributed by atoms with van der Waals surface area (Å²) < 4.78 is 7.01. The quantitative estimate of drug-likeness (QED) is 0.186. The van der Waals surface area contributed by atoms with Crippen LogP contribution in [0.15, 0.2) is 36.7 Å². The van der Waals surface area contributed by atoms with Gasteiger partial charge in [0.2, 0.25) is 0 Å². The summed E-state index contributed by atoms with van der Waals surface area (Å²) in [6.07, 6.45) is 10.5. The second-order valence-electron chi connectivity index (χ2n) is 8.61. The average Bonchev–Trinajstić information content (AvgIpc) is 3.28. The number of hydrogen-bond donors (Lipinski definition) is 1. The number of carbonyl (C=O) groups is 1.